The lowest BCUT2D eigenvalue weighted by Crippen LogP contribution is -2.37. The number of benzene rings is 3. The van der Waals surface area contributed by atoms with Crippen LogP contribution in [0.2, 0.25) is 0 Å². The maximum atomic E-state index is 12.6. The SMILES string of the molecule is CN(C)CC(NC(=O)CCNS(=O)(=O)c1ccc2ccccc2c1)c1ccccc1. The van der Waals surface area contributed by atoms with Crippen LogP contribution in [-0.4, -0.2) is 46.4 Å². The molecular formula is C23H27N3O3S. The molecule has 30 heavy (non-hydrogen) atoms. The van der Waals surface area contributed by atoms with Crippen LogP contribution < -0.4 is 10.0 Å². The van der Waals surface area contributed by atoms with Gasteiger partial charge in [0.05, 0.1) is 10.9 Å². The Kier molecular flexibility index (Phi) is 7.20. The van der Waals surface area contributed by atoms with Crippen molar-refractivity contribution < 1.29 is 13.2 Å². The van der Waals surface area contributed by atoms with Gasteiger partial charge < -0.3 is 10.2 Å². The van der Waals surface area contributed by atoms with Gasteiger partial charge >= 0.3 is 0 Å². The third-order valence-electron chi connectivity index (χ3n) is 4.76. The largest absolute Gasteiger partial charge is 0.348 e. The molecule has 0 saturated carbocycles. The van der Waals surface area contributed by atoms with Gasteiger partial charge in [-0.2, -0.15) is 0 Å². The number of amides is 1. The number of hydrogen-bond acceptors (Lipinski definition) is 4. The van der Waals surface area contributed by atoms with E-state index in [1.165, 1.54) is 0 Å². The van der Waals surface area contributed by atoms with Gasteiger partial charge in [0.1, 0.15) is 0 Å². The lowest BCUT2D eigenvalue weighted by Gasteiger charge is -2.23. The van der Waals surface area contributed by atoms with Gasteiger partial charge in [-0.05, 0) is 42.6 Å². The number of nitrogens with zero attached hydrogens (tertiary/aromatic N) is 1. The third kappa shape index (κ3) is 5.89. The van der Waals surface area contributed by atoms with Crippen LogP contribution in [0.1, 0.15) is 18.0 Å². The molecule has 2 N–H and O–H groups in total. The molecule has 0 aliphatic heterocycles. The second kappa shape index (κ2) is 9.84. The summed E-state index contributed by atoms with van der Waals surface area (Å²) < 4.78 is 27.7. The van der Waals surface area contributed by atoms with Crippen LogP contribution >= 0.6 is 0 Å². The Morgan fingerprint density at radius 1 is 0.933 bits per heavy atom. The molecule has 1 atom stereocenters. The molecule has 3 aromatic rings. The number of nitrogens with one attached hydrogen (secondary N) is 2. The van der Waals surface area contributed by atoms with Crippen molar-refractivity contribution in [2.75, 3.05) is 27.2 Å². The lowest BCUT2D eigenvalue weighted by atomic mass is 10.1. The van der Waals surface area contributed by atoms with E-state index in [0.717, 1.165) is 16.3 Å². The molecule has 7 heteroatoms. The molecule has 0 aliphatic carbocycles. The van der Waals surface area contributed by atoms with Crippen molar-refractivity contribution in [1.82, 2.24) is 14.9 Å². The van der Waals surface area contributed by atoms with E-state index in [1.807, 2.05) is 73.6 Å². The molecule has 0 spiro atoms. The standard InChI is InChI=1S/C23H27N3O3S/c1-26(2)17-22(19-9-4-3-5-10-19)25-23(27)14-15-24-30(28,29)21-13-12-18-8-6-7-11-20(18)16-21/h3-13,16,22,24H,14-15,17H2,1-2H3,(H,25,27). The molecule has 0 radical (unpaired) electrons. The molecular weight excluding hydrogens is 398 g/mol. The summed E-state index contributed by atoms with van der Waals surface area (Å²) in [5, 5.41) is 4.83. The molecule has 3 rings (SSSR count). The quantitative estimate of drug-likeness (QED) is 0.553. The first-order valence-corrected chi connectivity index (χ1v) is 11.3. The number of carbonyl (C=O) groups is 1. The summed E-state index contributed by atoms with van der Waals surface area (Å²) in [5.41, 5.74) is 1.01. The Morgan fingerprint density at radius 2 is 1.60 bits per heavy atom. The number of likely N-dealkylation sites (N-methyl/N-ethyl adjacent to an activating group) is 1. The van der Waals surface area contributed by atoms with Crippen LogP contribution in [0.5, 0.6) is 0 Å². The maximum absolute atomic E-state index is 12.6. The molecule has 0 aromatic heterocycles. The van der Waals surface area contributed by atoms with E-state index < -0.39 is 10.0 Å². The highest BCUT2D eigenvalue weighted by Gasteiger charge is 2.17. The summed E-state index contributed by atoms with van der Waals surface area (Å²) in [5.74, 6) is -0.202. The highest BCUT2D eigenvalue weighted by Crippen LogP contribution is 2.19. The minimum absolute atomic E-state index is 0.0322. The Bertz CT molecular complexity index is 1100. The van der Waals surface area contributed by atoms with Crippen LogP contribution in [0.3, 0.4) is 0 Å². The van der Waals surface area contributed by atoms with Crippen molar-refractivity contribution >= 4 is 26.7 Å². The zero-order valence-electron chi connectivity index (χ0n) is 17.2. The van der Waals surface area contributed by atoms with Crippen LogP contribution in [-0.2, 0) is 14.8 Å². The smallest absolute Gasteiger partial charge is 0.240 e. The van der Waals surface area contributed by atoms with Gasteiger partial charge in [-0.25, -0.2) is 13.1 Å². The Balaban J connectivity index is 1.59. The van der Waals surface area contributed by atoms with Crippen molar-refractivity contribution in [1.29, 1.82) is 0 Å². The topological polar surface area (TPSA) is 78.5 Å². The third-order valence-corrected chi connectivity index (χ3v) is 6.22. The van der Waals surface area contributed by atoms with Crippen molar-refractivity contribution in [3.8, 4) is 0 Å². The Labute approximate surface area is 178 Å². The minimum atomic E-state index is -3.69. The van der Waals surface area contributed by atoms with E-state index in [-0.39, 0.29) is 29.8 Å². The van der Waals surface area contributed by atoms with Crippen molar-refractivity contribution in [3.63, 3.8) is 0 Å². The van der Waals surface area contributed by atoms with Crippen LogP contribution in [0, 0.1) is 0 Å². The van der Waals surface area contributed by atoms with Gasteiger partial charge in [-0.1, -0.05) is 60.7 Å². The molecule has 6 nitrogen and oxygen atoms in total. The Hall–Kier alpha value is -2.74. The highest BCUT2D eigenvalue weighted by atomic mass is 32.2. The summed E-state index contributed by atoms with van der Waals surface area (Å²) >= 11 is 0. The first kappa shape index (κ1) is 22.0. The zero-order chi connectivity index (χ0) is 21.6. The number of carbonyl (C=O) groups excluding carboxylic acids is 1. The molecule has 3 aromatic carbocycles. The van der Waals surface area contributed by atoms with Gasteiger partial charge in [0.25, 0.3) is 0 Å². The van der Waals surface area contributed by atoms with Crippen molar-refractivity contribution in [2.45, 2.75) is 17.4 Å². The molecule has 1 amide bonds. The lowest BCUT2D eigenvalue weighted by molar-refractivity contribution is -0.121. The van der Waals surface area contributed by atoms with E-state index in [4.69, 9.17) is 0 Å². The predicted octanol–water partition coefficient (Wildman–Crippen LogP) is 2.93. The van der Waals surface area contributed by atoms with E-state index >= 15 is 0 Å². The van der Waals surface area contributed by atoms with E-state index in [0.29, 0.717) is 6.54 Å². The van der Waals surface area contributed by atoms with Crippen molar-refractivity contribution in [3.05, 3.63) is 78.4 Å². The molecule has 1 unspecified atom stereocenters. The summed E-state index contributed by atoms with van der Waals surface area (Å²) in [6.45, 7) is 0.684. The van der Waals surface area contributed by atoms with Crippen LogP contribution in [0.25, 0.3) is 10.8 Å². The fourth-order valence-corrected chi connectivity index (χ4v) is 4.33. The average Bonchev–Trinajstić information content (AvgIpc) is 2.73. The summed E-state index contributed by atoms with van der Waals surface area (Å²) in [6.07, 6.45) is 0.0591. The zero-order valence-corrected chi connectivity index (χ0v) is 18.0. The van der Waals surface area contributed by atoms with Gasteiger partial charge in [-0.3, -0.25) is 4.79 Å². The second-order valence-electron chi connectivity index (χ2n) is 7.45. The fourth-order valence-electron chi connectivity index (χ4n) is 3.27. The highest BCUT2D eigenvalue weighted by molar-refractivity contribution is 7.89. The summed E-state index contributed by atoms with van der Waals surface area (Å²) in [6, 6.07) is 22.1. The normalized spacial score (nSPS) is 12.8. The van der Waals surface area contributed by atoms with Gasteiger partial charge in [0.15, 0.2) is 0 Å². The van der Waals surface area contributed by atoms with Crippen molar-refractivity contribution in [2.24, 2.45) is 0 Å². The monoisotopic (exact) mass is 425 g/mol. The van der Waals surface area contributed by atoms with Gasteiger partial charge in [0.2, 0.25) is 15.9 Å². The molecule has 0 aliphatic rings. The first-order valence-electron chi connectivity index (χ1n) is 9.83. The van der Waals surface area contributed by atoms with E-state index in [1.54, 1.807) is 18.2 Å². The molecule has 0 bridgehead atoms. The second-order valence-corrected chi connectivity index (χ2v) is 9.22. The van der Waals surface area contributed by atoms with Gasteiger partial charge in [-0.15, -0.1) is 0 Å². The van der Waals surface area contributed by atoms with Crippen LogP contribution in [0.15, 0.2) is 77.7 Å². The fraction of sp³-hybridized carbons (Fsp3) is 0.261. The number of hydrogen-bond donors (Lipinski definition) is 2. The number of sulfonamides is 1. The molecule has 0 heterocycles. The molecule has 158 valence electrons. The molecule has 0 fully saturated rings. The Morgan fingerprint density at radius 3 is 2.30 bits per heavy atom. The minimum Gasteiger partial charge on any atom is -0.348 e. The maximum Gasteiger partial charge on any atom is 0.240 e. The predicted molar refractivity (Wildman–Crippen MR) is 120 cm³/mol. The van der Waals surface area contributed by atoms with Crippen LogP contribution in [0.4, 0.5) is 0 Å². The number of fused-ring (bicyclic) bond motifs is 1. The van der Waals surface area contributed by atoms with E-state index in [2.05, 4.69) is 10.0 Å². The first-order chi connectivity index (χ1) is 14.3. The summed E-state index contributed by atoms with van der Waals surface area (Å²) in [7, 11) is 0.203. The van der Waals surface area contributed by atoms with Gasteiger partial charge in [0, 0.05) is 19.5 Å². The summed E-state index contributed by atoms with van der Waals surface area (Å²) in [4.78, 5) is 14.6. The van der Waals surface area contributed by atoms with E-state index in [9.17, 15) is 13.2 Å². The number of rotatable bonds is 9. The molecule has 0 saturated heterocycles. The average molecular weight is 426 g/mol.